The van der Waals surface area contributed by atoms with Crippen molar-refractivity contribution < 1.29 is 38.3 Å². The number of hydrogen-bond donors (Lipinski definition) is 1. The van der Waals surface area contributed by atoms with Crippen molar-refractivity contribution in [1.29, 1.82) is 0 Å². The van der Waals surface area contributed by atoms with Gasteiger partial charge in [-0.15, -0.1) is 0 Å². The van der Waals surface area contributed by atoms with Crippen LogP contribution < -0.4 is 14.2 Å². The van der Waals surface area contributed by atoms with Crippen LogP contribution >= 0.6 is 0 Å². The molecule has 2 aromatic rings. The van der Waals surface area contributed by atoms with Crippen molar-refractivity contribution in [2.45, 2.75) is 12.7 Å². The Morgan fingerprint density at radius 3 is 1.90 bits per heavy atom. The van der Waals surface area contributed by atoms with Gasteiger partial charge >= 0.3 is 0 Å². The molecule has 1 atom stereocenters. The fourth-order valence-corrected chi connectivity index (χ4v) is 2.55. The summed E-state index contributed by atoms with van der Waals surface area (Å²) in [5.74, 6) is 1.15. The average Bonchev–Trinajstić information content (AvgIpc) is 2.75. The lowest BCUT2D eigenvalue weighted by atomic mass is 10.1. The maximum Gasteiger partial charge on any atom is 0.188 e. The maximum absolute atomic E-state index is 10.8. The molecular formula is C21H28O8. The minimum atomic E-state index is -1.01. The number of hydrogen-bond acceptors (Lipinski definition) is 8. The van der Waals surface area contributed by atoms with E-state index in [1.807, 2.05) is 30.3 Å². The van der Waals surface area contributed by atoms with Crippen molar-refractivity contribution in [2.75, 3.05) is 48.3 Å². The highest BCUT2D eigenvalue weighted by atomic mass is 16.7. The highest BCUT2D eigenvalue weighted by molar-refractivity contribution is 5.52. The SMILES string of the molecule is COCOc1cc(OCOC)c(C(O)COCc2ccccc2)c(OCOC)c1. The van der Waals surface area contributed by atoms with E-state index >= 15 is 0 Å². The molecule has 1 unspecified atom stereocenters. The summed E-state index contributed by atoms with van der Waals surface area (Å²) in [4.78, 5) is 0. The van der Waals surface area contributed by atoms with E-state index in [0.29, 0.717) is 29.4 Å². The molecule has 0 aliphatic carbocycles. The molecule has 0 spiro atoms. The van der Waals surface area contributed by atoms with E-state index in [-0.39, 0.29) is 27.0 Å². The van der Waals surface area contributed by atoms with Gasteiger partial charge in [-0.2, -0.15) is 0 Å². The molecule has 29 heavy (non-hydrogen) atoms. The van der Waals surface area contributed by atoms with E-state index in [1.165, 1.54) is 21.3 Å². The maximum atomic E-state index is 10.8. The van der Waals surface area contributed by atoms with Gasteiger partial charge in [-0.1, -0.05) is 30.3 Å². The van der Waals surface area contributed by atoms with Gasteiger partial charge in [-0.05, 0) is 5.56 Å². The first kappa shape index (κ1) is 22.9. The average molecular weight is 408 g/mol. The Balaban J connectivity index is 2.21. The van der Waals surface area contributed by atoms with E-state index in [2.05, 4.69) is 0 Å². The highest BCUT2D eigenvalue weighted by Gasteiger charge is 2.22. The zero-order valence-corrected chi connectivity index (χ0v) is 17.0. The molecule has 0 saturated heterocycles. The lowest BCUT2D eigenvalue weighted by Gasteiger charge is -2.21. The molecule has 8 nitrogen and oxygen atoms in total. The van der Waals surface area contributed by atoms with Crippen molar-refractivity contribution in [1.82, 2.24) is 0 Å². The van der Waals surface area contributed by atoms with Crippen LogP contribution in [0.25, 0.3) is 0 Å². The molecule has 0 heterocycles. The normalized spacial score (nSPS) is 11.9. The van der Waals surface area contributed by atoms with Crippen LogP contribution in [0.4, 0.5) is 0 Å². The van der Waals surface area contributed by atoms with Gasteiger partial charge in [-0.25, -0.2) is 0 Å². The van der Waals surface area contributed by atoms with Crippen molar-refractivity contribution in [3.05, 3.63) is 53.6 Å². The number of aliphatic hydroxyl groups excluding tert-OH is 1. The Labute approximate surface area is 170 Å². The number of aliphatic hydroxyl groups is 1. The van der Waals surface area contributed by atoms with Crippen LogP contribution in [0.2, 0.25) is 0 Å². The predicted octanol–water partition coefficient (Wildman–Crippen LogP) is 2.88. The lowest BCUT2D eigenvalue weighted by molar-refractivity contribution is 0.0131. The Hall–Kier alpha value is -2.36. The second-order valence-electron chi connectivity index (χ2n) is 6.00. The third kappa shape index (κ3) is 7.52. The van der Waals surface area contributed by atoms with Gasteiger partial charge in [0.15, 0.2) is 20.4 Å². The molecule has 0 saturated carbocycles. The molecular weight excluding hydrogens is 380 g/mol. The fraction of sp³-hybridized carbons (Fsp3) is 0.429. The Morgan fingerprint density at radius 1 is 0.793 bits per heavy atom. The smallest absolute Gasteiger partial charge is 0.188 e. The monoisotopic (exact) mass is 408 g/mol. The first-order chi connectivity index (χ1) is 14.2. The van der Waals surface area contributed by atoms with Gasteiger partial charge in [0.1, 0.15) is 23.4 Å². The summed E-state index contributed by atoms with van der Waals surface area (Å²) in [7, 11) is 4.53. The molecule has 0 aromatic heterocycles. The topological polar surface area (TPSA) is 84.8 Å². The molecule has 8 heteroatoms. The van der Waals surface area contributed by atoms with E-state index in [1.54, 1.807) is 12.1 Å². The van der Waals surface area contributed by atoms with Crippen molar-refractivity contribution in [2.24, 2.45) is 0 Å². The quantitative estimate of drug-likeness (QED) is 0.478. The number of benzene rings is 2. The van der Waals surface area contributed by atoms with Crippen LogP contribution in [0.1, 0.15) is 17.2 Å². The minimum Gasteiger partial charge on any atom is -0.467 e. The van der Waals surface area contributed by atoms with Crippen LogP contribution in [0.15, 0.2) is 42.5 Å². The van der Waals surface area contributed by atoms with Crippen LogP contribution in [0.3, 0.4) is 0 Å². The van der Waals surface area contributed by atoms with Crippen molar-refractivity contribution >= 4 is 0 Å². The standard InChI is InChI=1S/C21H28O8/c1-23-13-27-17-9-19(28-14-24-2)21(20(10-17)29-15-25-3)18(22)12-26-11-16-7-5-4-6-8-16/h4-10,18,22H,11-15H2,1-3H3. The molecule has 0 radical (unpaired) electrons. The molecule has 0 amide bonds. The Bertz CT molecular complexity index is 678. The first-order valence-electron chi connectivity index (χ1n) is 9.02. The Morgan fingerprint density at radius 2 is 1.34 bits per heavy atom. The van der Waals surface area contributed by atoms with Gasteiger partial charge in [-0.3, -0.25) is 0 Å². The van der Waals surface area contributed by atoms with Crippen LogP contribution in [-0.4, -0.2) is 53.4 Å². The molecule has 0 aliphatic rings. The summed E-state index contributed by atoms with van der Waals surface area (Å²) >= 11 is 0. The third-order valence-electron chi connectivity index (χ3n) is 3.81. The van der Waals surface area contributed by atoms with E-state index in [4.69, 9.17) is 33.2 Å². The van der Waals surface area contributed by atoms with Crippen LogP contribution in [0.5, 0.6) is 17.2 Å². The van der Waals surface area contributed by atoms with Gasteiger partial charge in [0, 0.05) is 33.5 Å². The second kappa shape index (κ2) is 13.0. The van der Waals surface area contributed by atoms with E-state index in [0.717, 1.165) is 5.56 Å². The van der Waals surface area contributed by atoms with Crippen LogP contribution in [-0.2, 0) is 25.6 Å². The van der Waals surface area contributed by atoms with Gasteiger partial charge in [0.25, 0.3) is 0 Å². The molecule has 2 aromatic carbocycles. The van der Waals surface area contributed by atoms with E-state index in [9.17, 15) is 5.11 Å². The fourth-order valence-electron chi connectivity index (χ4n) is 2.55. The lowest BCUT2D eigenvalue weighted by Crippen LogP contribution is -2.14. The summed E-state index contributed by atoms with van der Waals surface area (Å²) < 4.78 is 37.4. The van der Waals surface area contributed by atoms with Gasteiger partial charge < -0.3 is 38.3 Å². The second-order valence-corrected chi connectivity index (χ2v) is 6.00. The number of ether oxygens (including phenoxy) is 7. The number of rotatable bonds is 14. The highest BCUT2D eigenvalue weighted by Crippen LogP contribution is 2.39. The number of methoxy groups -OCH3 is 3. The molecule has 160 valence electrons. The first-order valence-corrected chi connectivity index (χ1v) is 9.02. The molecule has 2 rings (SSSR count). The van der Waals surface area contributed by atoms with E-state index < -0.39 is 6.10 Å². The zero-order valence-electron chi connectivity index (χ0n) is 17.0. The third-order valence-corrected chi connectivity index (χ3v) is 3.81. The summed E-state index contributed by atoms with van der Waals surface area (Å²) in [6, 6.07) is 13.0. The summed E-state index contributed by atoms with van der Waals surface area (Å²) in [6.45, 7) is 0.439. The Kier molecular flexibility index (Phi) is 10.3. The molecule has 1 N–H and O–H groups in total. The van der Waals surface area contributed by atoms with Gasteiger partial charge in [0.05, 0.1) is 18.8 Å². The summed E-state index contributed by atoms with van der Waals surface area (Å²) in [5, 5.41) is 10.8. The van der Waals surface area contributed by atoms with Crippen molar-refractivity contribution in [3.63, 3.8) is 0 Å². The van der Waals surface area contributed by atoms with Crippen molar-refractivity contribution in [3.8, 4) is 17.2 Å². The largest absolute Gasteiger partial charge is 0.467 e. The van der Waals surface area contributed by atoms with Gasteiger partial charge in [0.2, 0.25) is 0 Å². The molecule has 0 fully saturated rings. The summed E-state index contributed by atoms with van der Waals surface area (Å²) in [6.07, 6.45) is -1.01. The predicted molar refractivity (Wildman–Crippen MR) is 105 cm³/mol. The minimum absolute atomic E-state index is 0.0119. The zero-order chi connectivity index (χ0) is 20.9. The molecule has 0 aliphatic heterocycles. The van der Waals surface area contributed by atoms with Crippen LogP contribution in [0, 0.1) is 0 Å². The summed E-state index contributed by atoms with van der Waals surface area (Å²) in [5.41, 5.74) is 1.42. The molecule has 0 bridgehead atoms.